The van der Waals surface area contributed by atoms with Crippen LogP contribution >= 0.6 is 0 Å². The molecule has 6 nitrogen and oxygen atoms in total. The molecule has 2 aromatic rings. The highest BCUT2D eigenvalue weighted by atomic mass is 16.5. The van der Waals surface area contributed by atoms with Gasteiger partial charge in [0.15, 0.2) is 5.82 Å². The summed E-state index contributed by atoms with van der Waals surface area (Å²) in [4.78, 5) is 8.14. The van der Waals surface area contributed by atoms with Gasteiger partial charge in [0.2, 0.25) is 5.82 Å². The molecule has 0 aliphatic carbocycles. The van der Waals surface area contributed by atoms with Crippen LogP contribution in [0.5, 0.6) is 0 Å². The molecule has 0 unspecified atom stereocenters. The van der Waals surface area contributed by atoms with Gasteiger partial charge < -0.3 is 14.4 Å². The van der Waals surface area contributed by atoms with E-state index in [1.54, 1.807) is 13.2 Å². The molecule has 0 fully saturated rings. The molecule has 0 aliphatic heterocycles. The smallest absolute Gasteiger partial charge is 0.321 e. The Morgan fingerprint density at radius 3 is 2.92 bits per heavy atom. The van der Waals surface area contributed by atoms with Crippen molar-refractivity contribution in [3.05, 3.63) is 12.4 Å². The van der Waals surface area contributed by atoms with Crippen LogP contribution in [-0.4, -0.2) is 26.7 Å². The maximum atomic E-state index is 4.87. The van der Waals surface area contributed by atoms with Gasteiger partial charge in [0.1, 0.15) is 0 Å². The third-order valence-corrected chi connectivity index (χ3v) is 1.66. The Kier molecular flexibility index (Phi) is 1.73. The van der Waals surface area contributed by atoms with Crippen LogP contribution in [0.3, 0.4) is 0 Å². The van der Waals surface area contributed by atoms with Gasteiger partial charge in [-0.3, -0.25) is 0 Å². The highest BCUT2D eigenvalue weighted by Gasteiger charge is 2.10. The summed E-state index contributed by atoms with van der Waals surface area (Å²) in [6.07, 6.45) is 3.51. The molecular weight excluding hydrogens is 170 g/mol. The molecule has 0 spiro atoms. The lowest BCUT2D eigenvalue weighted by atomic mass is 10.6. The lowest BCUT2D eigenvalue weighted by Crippen LogP contribution is -1.93. The Balaban J connectivity index is 2.41. The van der Waals surface area contributed by atoms with Gasteiger partial charge in [-0.2, -0.15) is 4.98 Å². The van der Waals surface area contributed by atoms with E-state index in [-0.39, 0.29) is 0 Å². The first-order valence-electron chi connectivity index (χ1n) is 3.80. The van der Waals surface area contributed by atoms with E-state index in [0.29, 0.717) is 17.7 Å². The van der Waals surface area contributed by atoms with Crippen molar-refractivity contribution in [2.75, 3.05) is 12.4 Å². The van der Waals surface area contributed by atoms with Crippen LogP contribution in [0.25, 0.3) is 11.6 Å². The van der Waals surface area contributed by atoms with Crippen LogP contribution in [0.4, 0.5) is 6.01 Å². The van der Waals surface area contributed by atoms with E-state index in [2.05, 4.69) is 20.4 Å². The summed E-state index contributed by atoms with van der Waals surface area (Å²) in [6, 6.07) is 0.387. The number of aromatic nitrogens is 4. The summed E-state index contributed by atoms with van der Waals surface area (Å²) in [5, 5.41) is 6.51. The van der Waals surface area contributed by atoms with E-state index >= 15 is 0 Å². The molecule has 6 heteroatoms. The number of anilines is 1. The van der Waals surface area contributed by atoms with E-state index in [1.165, 1.54) is 0 Å². The normalized spacial score (nSPS) is 10.3. The zero-order chi connectivity index (χ0) is 9.26. The molecular formula is C7H9N5O. The standard InChI is InChI=1S/C7H9N5O/c1-8-7-10-5(11-13-7)6-9-3-4-12(6)2/h3-4H,1-2H3,(H,8,10,11). The number of imidazole rings is 1. The Hall–Kier alpha value is -1.85. The minimum atomic E-state index is 0.387. The number of nitrogens with one attached hydrogen (secondary N) is 1. The van der Waals surface area contributed by atoms with E-state index in [1.807, 2.05) is 17.8 Å². The third kappa shape index (κ3) is 1.26. The fourth-order valence-electron chi connectivity index (χ4n) is 0.997. The van der Waals surface area contributed by atoms with Crippen molar-refractivity contribution < 1.29 is 4.52 Å². The average Bonchev–Trinajstić information content (AvgIpc) is 2.71. The molecule has 0 saturated carbocycles. The monoisotopic (exact) mass is 179 g/mol. The summed E-state index contributed by atoms with van der Waals surface area (Å²) in [6.45, 7) is 0. The second-order valence-electron chi connectivity index (χ2n) is 2.53. The van der Waals surface area contributed by atoms with Crippen LogP contribution in [0.2, 0.25) is 0 Å². The first-order valence-corrected chi connectivity index (χ1v) is 3.80. The Bertz CT molecular complexity index is 404. The van der Waals surface area contributed by atoms with Gasteiger partial charge in [-0.1, -0.05) is 5.16 Å². The van der Waals surface area contributed by atoms with Gasteiger partial charge in [0.25, 0.3) is 0 Å². The predicted molar refractivity (Wildman–Crippen MR) is 46.0 cm³/mol. The molecule has 0 radical (unpaired) electrons. The van der Waals surface area contributed by atoms with Crippen LogP contribution in [0, 0.1) is 0 Å². The molecule has 0 aliphatic rings. The van der Waals surface area contributed by atoms with Crippen molar-refractivity contribution in [3.63, 3.8) is 0 Å². The van der Waals surface area contributed by atoms with Crippen LogP contribution in [-0.2, 0) is 7.05 Å². The molecule has 0 aromatic carbocycles. The largest absolute Gasteiger partial charge is 0.341 e. The van der Waals surface area contributed by atoms with Crippen LogP contribution in [0.15, 0.2) is 16.9 Å². The lowest BCUT2D eigenvalue weighted by Gasteiger charge is -1.92. The maximum Gasteiger partial charge on any atom is 0.321 e. The zero-order valence-electron chi connectivity index (χ0n) is 7.35. The topological polar surface area (TPSA) is 68.8 Å². The summed E-state index contributed by atoms with van der Waals surface area (Å²) >= 11 is 0. The van der Waals surface area contributed by atoms with Crippen LogP contribution in [0.1, 0.15) is 0 Å². The number of nitrogens with zero attached hydrogens (tertiary/aromatic N) is 4. The second-order valence-corrected chi connectivity index (χ2v) is 2.53. The highest BCUT2D eigenvalue weighted by Crippen LogP contribution is 2.13. The van der Waals surface area contributed by atoms with E-state index < -0.39 is 0 Å². The Labute approximate surface area is 74.6 Å². The predicted octanol–water partition coefficient (Wildman–Crippen LogP) is 0.512. The molecule has 0 bridgehead atoms. The van der Waals surface area contributed by atoms with Crippen molar-refractivity contribution in [3.8, 4) is 11.6 Å². The van der Waals surface area contributed by atoms with Crippen LogP contribution < -0.4 is 5.32 Å². The SMILES string of the molecule is CNc1nc(-c2nccn2C)no1. The first-order chi connectivity index (χ1) is 6.31. The van der Waals surface area contributed by atoms with E-state index in [0.717, 1.165) is 0 Å². The summed E-state index contributed by atoms with van der Waals surface area (Å²) < 4.78 is 6.69. The first kappa shape index (κ1) is 7.78. The minimum Gasteiger partial charge on any atom is -0.341 e. The zero-order valence-corrected chi connectivity index (χ0v) is 7.35. The van der Waals surface area contributed by atoms with Crippen molar-refractivity contribution in [2.45, 2.75) is 0 Å². The minimum absolute atomic E-state index is 0.387. The quantitative estimate of drug-likeness (QED) is 0.727. The van der Waals surface area contributed by atoms with E-state index in [9.17, 15) is 0 Å². The fourth-order valence-corrected chi connectivity index (χ4v) is 0.997. The van der Waals surface area contributed by atoms with Crippen molar-refractivity contribution in [2.24, 2.45) is 7.05 Å². The van der Waals surface area contributed by atoms with Gasteiger partial charge in [0, 0.05) is 26.5 Å². The van der Waals surface area contributed by atoms with Gasteiger partial charge in [-0.15, -0.1) is 0 Å². The molecule has 0 amide bonds. The Morgan fingerprint density at radius 2 is 2.38 bits per heavy atom. The second kappa shape index (κ2) is 2.89. The molecule has 2 aromatic heterocycles. The van der Waals surface area contributed by atoms with Crippen molar-refractivity contribution >= 4 is 6.01 Å². The van der Waals surface area contributed by atoms with Gasteiger partial charge in [-0.05, 0) is 0 Å². The number of hydrogen-bond acceptors (Lipinski definition) is 5. The van der Waals surface area contributed by atoms with Gasteiger partial charge >= 0.3 is 6.01 Å². The maximum absolute atomic E-state index is 4.87. The molecule has 2 heterocycles. The van der Waals surface area contributed by atoms with Crippen molar-refractivity contribution in [1.82, 2.24) is 19.7 Å². The van der Waals surface area contributed by atoms with E-state index in [4.69, 9.17) is 4.52 Å². The molecule has 0 saturated heterocycles. The number of rotatable bonds is 2. The lowest BCUT2D eigenvalue weighted by molar-refractivity contribution is 0.433. The third-order valence-electron chi connectivity index (χ3n) is 1.66. The molecule has 1 N–H and O–H groups in total. The molecule has 68 valence electrons. The average molecular weight is 179 g/mol. The molecule has 0 atom stereocenters. The highest BCUT2D eigenvalue weighted by molar-refractivity contribution is 5.44. The molecule has 13 heavy (non-hydrogen) atoms. The molecule has 2 rings (SSSR count). The number of hydrogen-bond donors (Lipinski definition) is 1. The fraction of sp³-hybridized carbons (Fsp3) is 0.286. The summed E-state index contributed by atoms with van der Waals surface area (Å²) in [5.74, 6) is 1.17. The Morgan fingerprint density at radius 1 is 1.54 bits per heavy atom. The summed E-state index contributed by atoms with van der Waals surface area (Å²) in [5.41, 5.74) is 0. The summed E-state index contributed by atoms with van der Waals surface area (Å²) in [7, 11) is 3.59. The van der Waals surface area contributed by atoms with Crippen molar-refractivity contribution in [1.29, 1.82) is 0 Å². The van der Waals surface area contributed by atoms with Gasteiger partial charge in [0.05, 0.1) is 0 Å². The van der Waals surface area contributed by atoms with Gasteiger partial charge in [-0.25, -0.2) is 4.98 Å². The number of aryl methyl sites for hydroxylation is 1.